The van der Waals surface area contributed by atoms with Crippen LogP contribution in [0, 0.1) is 5.92 Å². The van der Waals surface area contributed by atoms with Crippen molar-refractivity contribution in [3.8, 4) is 0 Å². The van der Waals surface area contributed by atoms with E-state index in [0.29, 0.717) is 12.6 Å². The Morgan fingerprint density at radius 3 is 2.63 bits per heavy atom. The summed E-state index contributed by atoms with van der Waals surface area (Å²) in [6, 6.07) is 8.38. The van der Waals surface area contributed by atoms with Crippen molar-refractivity contribution in [3.05, 3.63) is 34.3 Å². The average molecular weight is 327 g/mol. The van der Waals surface area contributed by atoms with Crippen LogP contribution < -0.4 is 10.6 Å². The van der Waals surface area contributed by atoms with Crippen molar-refractivity contribution < 1.29 is 4.79 Å². The van der Waals surface area contributed by atoms with Crippen LogP contribution in [-0.4, -0.2) is 25.5 Å². The molecule has 0 aromatic heterocycles. The van der Waals surface area contributed by atoms with Gasteiger partial charge in [0.2, 0.25) is 5.91 Å². The summed E-state index contributed by atoms with van der Waals surface area (Å²) in [6.07, 6.45) is 1.62. The van der Waals surface area contributed by atoms with Crippen LogP contribution in [0.25, 0.3) is 0 Å². The molecule has 0 radical (unpaired) electrons. The van der Waals surface area contributed by atoms with Gasteiger partial charge in [0.25, 0.3) is 0 Å². The molecule has 4 heteroatoms. The van der Waals surface area contributed by atoms with Gasteiger partial charge < -0.3 is 10.6 Å². The van der Waals surface area contributed by atoms with Crippen LogP contribution in [0.15, 0.2) is 28.7 Å². The lowest BCUT2D eigenvalue weighted by Crippen LogP contribution is -2.40. The van der Waals surface area contributed by atoms with Crippen LogP contribution in [-0.2, 0) is 11.2 Å². The van der Waals surface area contributed by atoms with Crippen LogP contribution in [0.4, 0.5) is 0 Å². The first kappa shape index (κ1) is 16.2. The standard InChI is InChI=1S/C15H23BrN2O/c1-4-12(15(19)18-10-11(2)17-3)9-13-7-5-6-8-14(13)16/h5-8,11-12,17H,4,9-10H2,1-3H3,(H,18,19). The molecule has 0 saturated heterocycles. The second-order valence-corrected chi connectivity index (χ2v) is 5.69. The summed E-state index contributed by atoms with van der Waals surface area (Å²) in [7, 11) is 1.90. The summed E-state index contributed by atoms with van der Waals surface area (Å²) < 4.78 is 1.07. The molecule has 0 bridgehead atoms. The molecule has 3 nitrogen and oxygen atoms in total. The number of hydrogen-bond acceptors (Lipinski definition) is 2. The molecule has 0 saturated carbocycles. The molecular formula is C15H23BrN2O. The Morgan fingerprint density at radius 1 is 1.37 bits per heavy atom. The highest BCUT2D eigenvalue weighted by Gasteiger charge is 2.18. The first-order valence-corrected chi connectivity index (χ1v) is 7.56. The second-order valence-electron chi connectivity index (χ2n) is 4.84. The Hall–Kier alpha value is -0.870. The highest BCUT2D eigenvalue weighted by Crippen LogP contribution is 2.21. The minimum absolute atomic E-state index is 0.0303. The SMILES string of the molecule is CCC(Cc1ccccc1Br)C(=O)NCC(C)NC. The van der Waals surface area contributed by atoms with Gasteiger partial charge in [0.1, 0.15) is 0 Å². The molecule has 0 fully saturated rings. The minimum atomic E-state index is 0.0303. The van der Waals surface area contributed by atoms with E-state index in [-0.39, 0.29) is 11.8 Å². The Labute approximate surface area is 124 Å². The molecule has 1 aromatic rings. The number of halogens is 1. The lowest BCUT2D eigenvalue weighted by Gasteiger charge is -2.18. The fraction of sp³-hybridized carbons (Fsp3) is 0.533. The van der Waals surface area contributed by atoms with Gasteiger partial charge in [0.15, 0.2) is 0 Å². The summed E-state index contributed by atoms with van der Waals surface area (Å²) >= 11 is 3.53. The van der Waals surface area contributed by atoms with Crippen molar-refractivity contribution in [3.63, 3.8) is 0 Å². The van der Waals surface area contributed by atoms with Gasteiger partial charge in [-0.2, -0.15) is 0 Å². The summed E-state index contributed by atoms with van der Waals surface area (Å²) in [6.45, 7) is 4.78. The highest BCUT2D eigenvalue weighted by molar-refractivity contribution is 9.10. The fourth-order valence-corrected chi connectivity index (χ4v) is 2.30. The third-order valence-electron chi connectivity index (χ3n) is 3.36. The molecule has 19 heavy (non-hydrogen) atoms. The number of carbonyl (C=O) groups is 1. The molecular weight excluding hydrogens is 304 g/mol. The summed E-state index contributed by atoms with van der Waals surface area (Å²) in [5.74, 6) is 0.170. The van der Waals surface area contributed by atoms with Gasteiger partial charge >= 0.3 is 0 Å². The van der Waals surface area contributed by atoms with Crippen molar-refractivity contribution in [1.82, 2.24) is 10.6 Å². The minimum Gasteiger partial charge on any atom is -0.354 e. The second kappa shape index (κ2) is 8.33. The van der Waals surface area contributed by atoms with Crippen LogP contribution in [0.5, 0.6) is 0 Å². The highest BCUT2D eigenvalue weighted by atomic mass is 79.9. The quantitative estimate of drug-likeness (QED) is 0.808. The third kappa shape index (κ3) is 5.33. The molecule has 2 atom stereocenters. The van der Waals surface area contributed by atoms with Gasteiger partial charge in [-0.15, -0.1) is 0 Å². The Bertz CT molecular complexity index is 409. The van der Waals surface area contributed by atoms with E-state index in [1.54, 1.807) is 0 Å². The van der Waals surface area contributed by atoms with Crippen LogP contribution >= 0.6 is 15.9 Å². The van der Waals surface area contributed by atoms with Gasteiger partial charge in [-0.1, -0.05) is 41.1 Å². The van der Waals surface area contributed by atoms with E-state index in [1.807, 2.05) is 25.2 Å². The summed E-state index contributed by atoms with van der Waals surface area (Å²) in [5, 5.41) is 6.12. The molecule has 0 aliphatic carbocycles. The van der Waals surface area contributed by atoms with Crippen LogP contribution in [0.2, 0.25) is 0 Å². The molecule has 1 rings (SSSR count). The number of hydrogen-bond donors (Lipinski definition) is 2. The average Bonchev–Trinajstić information content (AvgIpc) is 2.43. The van der Waals surface area contributed by atoms with Crippen molar-refractivity contribution in [2.24, 2.45) is 5.92 Å². The van der Waals surface area contributed by atoms with Crippen molar-refractivity contribution >= 4 is 21.8 Å². The Balaban J connectivity index is 2.58. The number of likely N-dealkylation sites (N-methyl/N-ethyl adjacent to an activating group) is 1. The number of carbonyl (C=O) groups excluding carboxylic acids is 1. The molecule has 0 aliphatic rings. The van der Waals surface area contributed by atoms with Crippen molar-refractivity contribution in [2.45, 2.75) is 32.7 Å². The zero-order valence-corrected chi connectivity index (χ0v) is 13.5. The van der Waals surface area contributed by atoms with E-state index in [9.17, 15) is 4.79 Å². The molecule has 0 heterocycles. The third-order valence-corrected chi connectivity index (χ3v) is 4.14. The zero-order chi connectivity index (χ0) is 14.3. The molecule has 1 amide bonds. The largest absolute Gasteiger partial charge is 0.354 e. The summed E-state index contributed by atoms with van der Waals surface area (Å²) in [4.78, 5) is 12.2. The molecule has 0 aliphatic heterocycles. The topological polar surface area (TPSA) is 41.1 Å². The molecule has 106 valence electrons. The van der Waals surface area contributed by atoms with E-state index >= 15 is 0 Å². The zero-order valence-electron chi connectivity index (χ0n) is 11.9. The lowest BCUT2D eigenvalue weighted by atomic mass is 9.96. The first-order valence-electron chi connectivity index (χ1n) is 6.76. The van der Waals surface area contributed by atoms with E-state index < -0.39 is 0 Å². The maximum Gasteiger partial charge on any atom is 0.223 e. The van der Waals surface area contributed by atoms with E-state index in [4.69, 9.17) is 0 Å². The molecule has 1 aromatic carbocycles. The number of benzene rings is 1. The van der Waals surface area contributed by atoms with Gasteiger partial charge in [0.05, 0.1) is 0 Å². The van der Waals surface area contributed by atoms with E-state index in [1.165, 1.54) is 5.56 Å². The molecule has 0 spiro atoms. The number of nitrogens with one attached hydrogen (secondary N) is 2. The Morgan fingerprint density at radius 2 is 2.05 bits per heavy atom. The normalized spacial score (nSPS) is 13.9. The van der Waals surface area contributed by atoms with Crippen LogP contribution in [0.3, 0.4) is 0 Å². The maximum absolute atomic E-state index is 12.2. The van der Waals surface area contributed by atoms with Gasteiger partial charge in [-0.3, -0.25) is 4.79 Å². The van der Waals surface area contributed by atoms with E-state index in [0.717, 1.165) is 17.3 Å². The number of amides is 1. The molecule has 2 unspecified atom stereocenters. The van der Waals surface area contributed by atoms with Crippen molar-refractivity contribution in [1.29, 1.82) is 0 Å². The Kier molecular flexibility index (Phi) is 7.10. The predicted molar refractivity (Wildman–Crippen MR) is 83.2 cm³/mol. The summed E-state index contributed by atoms with van der Waals surface area (Å²) in [5.41, 5.74) is 1.19. The van der Waals surface area contributed by atoms with Crippen LogP contribution in [0.1, 0.15) is 25.8 Å². The van der Waals surface area contributed by atoms with Gasteiger partial charge in [-0.05, 0) is 38.4 Å². The predicted octanol–water partition coefficient (Wildman–Crippen LogP) is 2.74. The maximum atomic E-state index is 12.2. The van der Waals surface area contributed by atoms with E-state index in [2.05, 4.69) is 46.5 Å². The number of rotatable bonds is 7. The lowest BCUT2D eigenvalue weighted by molar-refractivity contribution is -0.125. The van der Waals surface area contributed by atoms with Crippen molar-refractivity contribution in [2.75, 3.05) is 13.6 Å². The first-order chi connectivity index (χ1) is 9.08. The van der Waals surface area contributed by atoms with Gasteiger partial charge in [0, 0.05) is 23.0 Å². The van der Waals surface area contributed by atoms with Gasteiger partial charge in [-0.25, -0.2) is 0 Å². The molecule has 2 N–H and O–H groups in total. The smallest absolute Gasteiger partial charge is 0.223 e. The monoisotopic (exact) mass is 326 g/mol. The fourth-order valence-electron chi connectivity index (χ4n) is 1.85.